The molecule has 6 nitrogen and oxygen atoms in total. The van der Waals surface area contributed by atoms with E-state index >= 15 is 0 Å². The van der Waals surface area contributed by atoms with Crippen LogP contribution in [0.2, 0.25) is 5.02 Å². The Kier molecular flexibility index (Phi) is 6.75. The van der Waals surface area contributed by atoms with Gasteiger partial charge in [-0.25, -0.2) is 0 Å². The first kappa shape index (κ1) is 23.4. The van der Waals surface area contributed by atoms with Crippen molar-refractivity contribution < 1.29 is 9.59 Å². The summed E-state index contributed by atoms with van der Waals surface area (Å²) in [5.41, 5.74) is 5.93. The van der Waals surface area contributed by atoms with Gasteiger partial charge in [0.05, 0.1) is 16.8 Å². The predicted molar refractivity (Wildman–Crippen MR) is 142 cm³/mol. The third-order valence-corrected chi connectivity index (χ3v) is 6.85. The summed E-state index contributed by atoms with van der Waals surface area (Å²) in [6.07, 6.45) is 5.23. The molecule has 1 aromatic heterocycles. The van der Waals surface area contributed by atoms with Crippen molar-refractivity contribution in [2.75, 3.05) is 31.5 Å². The number of fused-ring (bicyclic) bond motifs is 1. The number of aromatic amines is 1. The first-order valence-corrected chi connectivity index (χ1v) is 12.5. The molecule has 0 atom stereocenters. The Hall–Kier alpha value is -3.35. The van der Waals surface area contributed by atoms with Gasteiger partial charge in [-0.05, 0) is 87.3 Å². The van der Waals surface area contributed by atoms with E-state index in [0.717, 1.165) is 54.1 Å². The fourth-order valence-electron chi connectivity index (χ4n) is 4.95. The highest BCUT2D eigenvalue weighted by atomic mass is 35.5. The Morgan fingerprint density at radius 1 is 1.14 bits per heavy atom. The lowest BCUT2D eigenvalue weighted by molar-refractivity contribution is -0.110. The van der Waals surface area contributed by atoms with Crippen LogP contribution in [0, 0.1) is 6.92 Å². The van der Waals surface area contributed by atoms with Crippen molar-refractivity contribution >= 4 is 40.8 Å². The average Bonchev–Trinajstić information content (AvgIpc) is 3.56. The van der Waals surface area contributed by atoms with Gasteiger partial charge in [0.1, 0.15) is 0 Å². The first-order chi connectivity index (χ1) is 17.0. The number of rotatable bonds is 7. The van der Waals surface area contributed by atoms with Crippen molar-refractivity contribution in [3.05, 3.63) is 76.1 Å². The minimum atomic E-state index is -0.196. The van der Waals surface area contributed by atoms with E-state index in [4.69, 9.17) is 11.6 Å². The molecule has 180 valence electrons. The maximum Gasteiger partial charge on any atom is 0.256 e. The van der Waals surface area contributed by atoms with Gasteiger partial charge in [0, 0.05) is 28.5 Å². The second kappa shape index (κ2) is 10.1. The van der Waals surface area contributed by atoms with Crippen LogP contribution in [0.5, 0.6) is 0 Å². The molecule has 2 aromatic carbocycles. The van der Waals surface area contributed by atoms with E-state index in [1.807, 2.05) is 55.5 Å². The van der Waals surface area contributed by atoms with Crippen LogP contribution in [0.25, 0.3) is 22.8 Å². The van der Waals surface area contributed by atoms with Crippen LogP contribution in [0.4, 0.5) is 5.69 Å². The number of nitrogens with one attached hydrogen (secondary N) is 3. The Balaban J connectivity index is 1.41. The summed E-state index contributed by atoms with van der Waals surface area (Å²) in [7, 11) is 0. The van der Waals surface area contributed by atoms with Gasteiger partial charge in [0.2, 0.25) is 0 Å². The normalized spacial score (nSPS) is 16.5. The standard InChI is InChI=1S/C28H29ClN4O2/c1-18-15-22(27(34)30-11-6-14-33-12-2-3-13-33)25(31-18)17-23-26-21(19-7-4-8-20(29)16-19)9-5-10-24(26)32-28(23)35/h4-5,7-10,15-17,31H,2-3,6,11-14H2,1H3,(H,30,34)(H,32,35). The van der Waals surface area contributed by atoms with E-state index in [0.29, 0.717) is 28.4 Å². The molecule has 1 fully saturated rings. The van der Waals surface area contributed by atoms with Gasteiger partial charge in [0.15, 0.2) is 0 Å². The van der Waals surface area contributed by atoms with Crippen molar-refractivity contribution in [1.82, 2.24) is 15.2 Å². The van der Waals surface area contributed by atoms with Gasteiger partial charge in [-0.15, -0.1) is 0 Å². The smallest absolute Gasteiger partial charge is 0.256 e. The Bertz CT molecular complexity index is 1300. The van der Waals surface area contributed by atoms with Crippen molar-refractivity contribution in [2.24, 2.45) is 0 Å². The molecular weight excluding hydrogens is 460 g/mol. The summed E-state index contributed by atoms with van der Waals surface area (Å²) in [5.74, 6) is -0.330. The Morgan fingerprint density at radius 2 is 1.94 bits per heavy atom. The zero-order valence-corrected chi connectivity index (χ0v) is 20.5. The SMILES string of the molecule is Cc1cc(C(=O)NCCCN2CCCC2)c(C=C2C(=O)Nc3cccc(-c4cccc(Cl)c4)c32)[nH]1. The largest absolute Gasteiger partial charge is 0.358 e. The number of carbonyl (C=O) groups excluding carboxylic acids is 2. The molecule has 0 radical (unpaired) electrons. The number of hydrogen-bond donors (Lipinski definition) is 3. The minimum absolute atomic E-state index is 0.135. The van der Waals surface area contributed by atoms with Crippen LogP contribution in [0.3, 0.4) is 0 Å². The highest BCUT2D eigenvalue weighted by molar-refractivity contribution is 6.36. The molecule has 3 aromatic rings. The maximum absolute atomic E-state index is 13.0. The van der Waals surface area contributed by atoms with Crippen LogP contribution in [0.1, 0.15) is 46.6 Å². The number of aromatic nitrogens is 1. The highest BCUT2D eigenvalue weighted by Crippen LogP contribution is 2.41. The molecule has 0 saturated carbocycles. The minimum Gasteiger partial charge on any atom is -0.358 e. The molecule has 2 amide bonds. The van der Waals surface area contributed by atoms with Gasteiger partial charge in [-0.1, -0.05) is 35.9 Å². The molecule has 0 aliphatic carbocycles. The average molecular weight is 489 g/mol. The lowest BCUT2D eigenvalue weighted by Gasteiger charge is -2.14. The van der Waals surface area contributed by atoms with E-state index in [1.165, 1.54) is 12.8 Å². The lowest BCUT2D eigenvalue weighted by atomic mass is 9.94. The van der Waals surface area contributed by atoms with Gasteiger partial charge in [-0.3, -0.25) is 9.59 Å². The number of anilines is 1. The summed E-state index contributed by atoms with van der Waals surface area (Å²) in [6, 6.07) is 15.2. The fourth-order valence-corrected chi connectivity index (χ4v) is 5.14. The zero-order chi connectivity index (χ0) is 24.4. The van der Waals surface area contributed by atoms with Crippen LogP contribution in [-0.4, -0.2) is 47.9 Å². The number of nitrogens with zero attached hydrogens (tertiary/aromatic N) is 1. The first-order valence-electron chi connectivity index (χ1n) is 12.1. The highest BCUT2D eigenvalue weighted by Gasteiger charge is 2.28. The van der Waals surface area contributed by atoms with Gasteiger partial charge in [-0.2, -0.15) is 0 Å². The lowest BCUT2D eigenvalue weighted by Crippen LogP contribution is -2.28. The number of halogens is 1. The number of H-pyrrole nitrogens is 1. The summed E-state index contributed by atoms with van der Waals surface area (Å²) in [5, 5.41) is 6.63. The number of carbonyl (C=O) groups is 2. The molecule has 35 heavy (non-hydrogen) atoms. The third kappa shape index (κ3) is 5.04. The zero-order valence-electron chi connectivity index (χ0n) is 19.8. The van der Waals surface area contributed by atoms with E-state index in [-0.39, 0.29) is 11.8 Å². The topological polar surface area (TPSA) is 77.2 Å². The second-order valence-corrected chi connectivity index (χ2v) is 9.62. The van der Waals surface area contributed by atoms with Gasteiger partial charge < -0.3 is 20.5 Å². The maximum atomic E-state index is 13.0. The summed E-state index contributed by atoms with van der Waals surface area (Å²) < 4.78 is 0. The molecule has 0 bridgehead atoms. The molecule has 0 unspecified atom stereocenters. The van der Waals surface area contributed by atoms with E-state index in [2.05, 4.69) is 20.5 Å². The van der Waals surface area contributed by atoms with Crippen molar-refractivity contribution in [3.8, 4) is 11.1 Å². The fraction of sp³-hybridized carbons (Fsp3) is 0.286. The van der Waals surface area contributed by atoms with Crippen molar-refractivity contribution in [3.63, 3.8) is 0 Å². The van der Waals surface area contributed by atoms with Crippen molar-refractivity contribution in [2.45, 2.75) is 26.2 Å². The molecule has 1 saturated heterocycles. The van der Waals surface area contributed by atoms with E-state index in [1.54, 1.807) is 6.08 Å². The van der Waals surface area contributed by atoms with Crippen LogP contribution >= 0.6 is 11.6 Å². The monoisotopic (exact) mass is 488 g/mol. The molecule has 3 N–H and O–H groups in total. The number of likely N-dealkylation sites (tertiary alicyclic amines) is 1. The summed E-state index contributed by atoms with van der Waals surface area (Å²) in [4.78, 5) is 31.7. The van der Waals surface area contributed by atoms with Crippen molar-refractivity contribution in [1.29, 1.82) is 0 Å². The van der Waals surface area contributed by atoms with E-state index in [9.17, 15) is 9.59 Å². The Labute approximate surface area is 210 Å². The molecular formula is C28H29ClN4O2. The summed E-state index contributed by atoms with van der Waals surface area (Å²) >= 11 is 6.24. The second-order valence-electron chi connectivity index (χ2n) is 9.19. The molecule has 7 heteroatoms. The van der Waals surface area contributed by atoms with E-state index < -0.39 is 0 Å². The Morgan fingerprint density at radius 3 is 2.74 bits per heavy atom. The quantitative estimate of drug-likeness (QED) is 0.310. The molecule has 2 aliphatic rings. The van der Waals surface area contributed by atoms with Crippen LogP contribution in [0.15, 0.2) is 48.5 Å². The number of amides is 2. The summed E-state index contributed by atoms with van der Waals surface area (Å²) in [6.45, 7) is 5.85. The third-order valence-electron chi connectivity index (χ3n) is 6.61. The van der Waals surface area contributed by atoms with Gasteiger partial charge >= 0.3 is 0 Å². The van der Waals surface area contributed by atoms with Crippen LogP contribution in [-0.2, 0) is 4.79 Å². The molecule has 3 heterocycles. The number of hydrogen-bond acceptors (Lipinski definition) is 3. The number of benzene rings is 2. The molecule has 0 spiro atoms. The number of aryl methyl sites for hydroxylation is 1. The van der Waals surface area contributed by atoms with Crippen LogP contribution < -0.4 is 10.6 Å². The molecule has 5 rings (SSSR count). The van der Waals surface area contributed by atoms with Gasteiger partial charge in [0.25, 0.3) is 11.8 Å². The molecule has 2 aliphatic heterocycles. The predicted octanol–water partition coefficient (Wildman–Crippen LogP) is 5.35.